The maximum Gasteiger partial charge on any atom is 0.119 e. The van der Waals surface area contributed by atoms with Crippen LogP contribution in [0.3, 0.4) is 0 Å². The minimum atomic E-state index is 0.658. The summed E-state index contributed by atoms with van der Waals surface area (Å²) in [6, 6.07) is 8.92. The van der Waals surface area contributed by atoms with E-state index in [9.17, 15) is 0 Å². The van der Waals surface area contributed by atoms with Crippen LogP contribution in [0.15, 0.2) is 24.3 Å². The monoisotopic (exact) mass is 276 g/mol. The third kappa shape index (κ3) is 3.97. The summed E-state index contributed by atoms with van der Waals surface area (Å²) in [6.45, 7) is 7.98. The summed E-state index contributed by atoms with van der Waals surface area (Å²) >= 11 is 0. The molecule has 1 aliphatic carbocycles. The van der Waals surface area contributed by atoms with Crippen molar-refractivity contribution in [1.82, 2.24) is 4.90 Å². The predicted molar refractivity (Wildman–Crippen MR) is 84.1 cm³/mol. The van der Waals surface area contributed by atoms with Crippen LogP contribution in [0.5, 0.6) is 5.75 Å². The second-order valence-electron chi connectivity index (χ2n) is 5.79. The standard InChI is InChI=1S/C17H28N2O/c1-3-19(17-9-5-7-15(17)13-18)10-11-20-16-8-4-6-14(2)12-16/h4,6,8,12,15,17H,3,5,7,9-11,13,18H2,1-2H3. The van der Waals surface area contributed by atoms with Crippen molar-refractivity contribution in [1.29, 1.82) is 0 Å². The first-order chi connectivity index (χ1) is 9.74. The van der Waals surface area contributed by atoms with Gasteiger partial charge in [-0.3, -0.25) is 4.90 Å². The Balaban J connectivity index is 1.82. The van der Waals surface area contributed by atoms with Crippen molar-refractivity contribution in [3.63, 3.8) is 0 Å². The molecular weight excluding hydrogens is 248 g/mol. The highest BCUT2D eigenvalue weighted by Gasteiger charge is 2.30. The quantitative estimate of drug-likeness (QED) is 0.832. The minimum absolute atomic E-state index is 0.658. The first-order valence-corrected chi connectivity index (χ1v) is 7.88. The number of nitrogens with zero attached hydrogens (tertiary/aromatic N) is 1. The molecule has 1 saturated carbocycles. The van der Waals surface area contributed by atoms with E-state index in [-0.39, 0.29) is 0 Å². The van der Waals surface area contributed by atoms with E-state index in [2.05, 4.69) is 30.9 Å². The van der Waals surface area contributed by atoms with Gasteiger partial charge in [-0.1, -0.05) is 25.5 Å². The van der Waals surface area contributed by atoms with Gasteiger partial charge >= 0.3 is 0 Å². The number of rotatable bonds is 7. The molecular formula is C17H28N2O. The number of benzene rings is 1. The second-order valence-corrected chi connectivity index (χ2v) is 5.79. The molecule has 0 amide bonds. The van der Waals surface area contributed by atoms with Gasteiger partial charge in [-0.05, 0) is 56.5 Å². The van der Waals surface area contributed by atoms with Gasteiger partial charge in [0.05, 0.1) is 0 Å². The SMILES string of the molecule is CCN(CCOc1cccc(C)c1)C1CCCC1CN. The first-order valence-electron chi connectivity index (χ1n) is 7.88. The summed E-state index contributed by atoms with van der Waals surface area (Å²) in [5.74, 6) is 1.65. The molecule has 2 rings (SSSR count). The van der Waals surface area contributed by atoms with Gasteiger partial charge in [-0.15, -0.1) is 0 Å². The molecule has 1 fully saturated rings. The van der Waals surface area contributed by atoms with Crippen molar-refractivity contribution >= 4 is 0 Å². The van der Waals surface area contributed by atoms with Crippen LogP contribution < -0.4 is 10.5 Å². The average Bonchev–Trinajstić information content (AvgIpc) is 2.92. The third-order valence-electron chi connectivity index (χ3n) is 4.43. The third-order valence-corrected chi connectivity index (χ3v) is 4.43. The van der Waals surface area contributed by atoms with Crippen LogP contribution in [0.25, 0.3) is 0 Å². The molecule has 0 heterocycles. The van der Waals surface area contributed by atoms with E-state index < -0.39 is 0 Å². The highest BCUT2D eigenvalue weighted by Crippen LogP contribution is 2.29. The van der Waals surface area contributed by atoms with E-state index in [0.717, 1.165) is 32.0 Å². The Kier molecular flexibility index (Phi) is 5.86. The summed E-state index contributed by atoms with van der Waals surface area (Å²) in [6.07, 6.45) is 3.90. The molecule has 0 aromatic heterocycles. The van der Waals surface area contributed by atoms with E-state index in [4.69, 9.17) is 10.5 Å². The van der Waals surface area contributed by atoms with Crippen molar-refractivity contribution < 1.29 is 4.74 Å². The first kappa shape index (κ1) is 15.3. The van der Waals surface area contributed by atoms with Crippen LogP contribution in [0.2, 0.25) is 0 Å². The summed E-state index contributed by atoms with van der Waals surface area (Å²) in [7, 11) is 0. The molecule has 112 valence electrons. The summed E-state index contributed by atoms with van der Waals surface area (Å²) in [5, 5.41) is 0. The molecule has 0 bridgehead atoms. The summed E-state index contributed by atoms with van der Waals surface area (Å²) in [4.78, 5) is 2.54. The molecule has 20 heavy (non-hydrogen) atoms. The summed E-state index contributed by atoms with van der Waals surface area (Å²) in [5.41, 5.74) is 7.14. The molecule has 2 N–H and O–H groups in total. The second kappa shape index (κ2) is 7.65. The zero-order valence-electron chi connectivity index (χ0n) is 12.8. The van der Waals surface area contributed by atoms with Crippen LogP contribution in [0.1, 0.15) is 31.7 Å². The van der Waals surface area contributed by atoms with Gasteiger partial charge in [0.2, 0.25) is 0 Å². The normalized spacial score (nSPS) is 22.4. The lowest BCUT2D eigenvalue weighted by molar-refractivity contribution is 0.141. The van der Waals surface area contributed by atoms with Gasteiger partial charge in [0.15, 0.2) is 0 Å². The lowest BCUT2D eigenvalue weighted by Gasteiger charge is -2.31. The Morgan fingerprint density at radius 1 is 1.35 bits per heavy atom. The van der Waals surface area contributed by atoms with Gasteiger partial charge in [0.25, 0.3) is 0 Å². The van der Waals surface area contributed by atoms with E-state index in [1.165, 1.54) is 24.8 Å². The van der Waals surface area contributed by atoms with Crippen molar-refractivity contribution in [3.8, 4) is 5.75 Å². The van der Waals surface area contributed by atoms with Crippen LogP contribution in [0, 0.1) is 12.8 Å². The molecule has 0 aliphatic heterocycles. The molecule has 3 heteroatoms. The average molecular weight is 276 g/mol. The molecule has 1 aromatic rings. The smallest absolute Gasteiger partial charge is 0.119 e. The van der Waals surface area contributed by atoms with Crippen molar-refractivity contribution in [2.75, 3.05) is 26.2 Å². The number of likely N-dealkylation sites (N-methyl/N-ethyl adjacent to an activating group) is 1. The highest BCUT2D eigenvalue weighted by atomic mass is 16.5. The van der Waals surface area contributed by atoms with Gasteiger partial charge in [-0.2, -0.15) is 0 Å². The Morgan fingerprint density at radius 3 is 2.90 bits per heavy atom. The largest absolute Gasteiger partial charge is 0.492 e. The molecule has 1 aromatic carbocycles. The fraction of sp³-hybridized carbons (Fsp3) is 0.647. The van der Waals surface area contributed by atoms with E-state index in [1.807, 2.05) is 12.1 Å². The lowest BCUT2D eigenvalue weighted by atomic mass is 10.0. The van der Waals surface area contributed by atoms with Crippen molar-refractivity contribution in [2.45, 2.75) is 39.2 Å². The molecule has 2 unspecified atom stereocenters. The van der Waals surface area contributed by atoms with E-state index in [0.29, 0.717) is 12.0 Å². The predicted octanol–water partition coefficient (Wildman–Crippen LogP) is 2.82. The number of hydrogen-bond donors (Lipinski definition) is 1. The van der Waals surface area contributed by atoms with Gasteiger partial charge in [0, 0.05) is 12.6 Å². The Hall–Kier alpha value is -1.06. The Labute approximate surface area is 123 Å². The topological polar surface area (TPSA) is 38.5 Å². The maximum absolute atomic E-state index is 5.90. The van der Waals surface area contributed by atoms with Gasteiger partial charge in [0.1, 0.15) is 12.4 Å². The fourth-order valence-electron chi connectivity index (χ4n) is 3.32. The van der Waals surface area contributed by atoms with Crippen LogP contribution in [-0.4, -0.2) is 37.2 Å². The van der Waals surface area contributed by atoms with Gasteiger partial charge in [-0.25, -0.2) is 0 Å². The zero-order valence-corrected chi connectivity index (χ0v) is 12.8. The molecule has 3 nitrogen and oxygen atoms in total. The molecule has 0 saturated heterocycles. The maximum atomic E-state index is 5.90. The fourth-order valence-corrected chi connectivity index (χ4v) is 3.32. The number of aryl methyl sites for hydroxylation is 1. The molecule has 0 spiro atoms. The van der Waals surface area contributed by atoms with Crippen molar-refractivity contribution in [3.05, 3.63) is 29.8 Å². The van der Waals surface area contributed by atoms with Gasteiger partial charge < -0.3 is 10.5 Å². The number of hydrogen-bond acceptors (Lipinski definition) is 3. The van der Waals surface area contributed by atoms with Crippen LogP contribution >= 0.6 is 0 Å². The summed E-state index contributed by atoms with van der Waals surface area (Å²) < 4.78 is 5.87. The zero-order chi connectivity index (χ0) is 14.4. The van der Waals surface area contributed by atoms with Crippen LogP contribution in [0.4, 0.5) is 0 Å². The molecule has 0 radical (unpaired) electrons. The lowest BCUT2D eigenvalue weighted by Crippen LogP contribution is -2.42. The van der Waals surface area contributed by atoms with Crippen LogP contribution in [-0.2, 0) is 0 Å². The van der Waals surface area contributed by atoms with Crippen molar-refractivity contribution in [2.24, 2.45) is 11.7 Å². The molecule has 2 atom stereocenters. The van der Waals surface area contributed by atoms with E-state index >= 15 is 0 Å². The number of ether oxygens (including phenoxy) is 1. The minimum Gasteiger partial charge on any atom is -0.492 e. The highest BCUT2D eigenvalue weighted by molar-refractivity contribution is 5.27. The molecule has 1 aliphatic rings. The Morgan fingerprint density at radius 2 is 2.20 bits per heavy atom. The Bertz CT molecular complexity index is 408. The van der Waals surface area contributed by atoms with E-state index in [1.54, 1.807) is 0 Å². The number of nitrogens with two attached hydrogens (primary N) is 1.